The molecule has 4 nitrogen and oxygen atoms in total. The van der Waals surface area contributed by atoms with Crippen molar-refractivity contribution >= 4 is 5.65 Å². The molecule has 0 aliphatic rings. The first kappa shape index (κ1) is 9.96. The van der Waals surface area contributed by atoms with Gasteiger partial charge in [-0.2, -0.15) is 0 Å². The van der Waals surface area contributed by atoms with Crippen LogP contribution in [0, 0.1) is 0 Å². The number of H-pyrrole nitrogens is 1. The summed E-state index contributed by atoms with van der Waals surface area (Å²) in [5, 5.41) is 2.92. The highest BCUT2D eigenvalue weighted by atomic mass is 16.1. The maximum atomic E-state index is 11.7. The summed E-state index contributed by atoms with van der Waals surface area (Å²) in [6, 6.07) is 1.59. The highest BCUT2D eigenvalue weighted by Crippen LogP contribution is 2.12. The third-order valence-corrected chi connectivity index (χ3v) is 2.57. The molecular formula is C11H15N3O. The van der Waals surface area contributed by atoms with E-state index in [-0.39, 0.29) is 11.5 Å². The van der Waals surface area contributed by atoms with E-state index in [1.807, 2.05) is 20.0 Å². The molecule has 2 aromatic heterocycles. The van der Waals surface area contributed by atoms with E-state index in [0.717, 1.165) is 23.3 Å². The van der Waals surface area contributed by atoms with Crippen LogP contribution in [-0.4, -0.2) is 14.6 Å². The fraction of sp³-hybridized carbons (Fsp3) is 0.455. The molecule has 0 amide bonds. The van der Waals surface area contributed by atoms with Crippen LogP contribution in [0.4, 0.5) is 0 Å². The van der Waals surface area contributed by atoms with Gasteiger partial charge in [-0.05, 0) is 12.3 Å². The van der Waals surface area contributed by atoms with Gasteiger partial charge in [0.2, 0.25) is 0 Å². The Bertz CT molecular complexity index is 536. The predicted octanol–water partition coefficient (Wildman–Crippen LogP) is 1.71. The average molecular weight is 205 g/mol. The maximum absolute atomic E-state index is 11.7. The molecule has 0 bridgehead atoms. The Hall–Kier alpha value is -1.58. The number of aromatic amines is 1. The highest BCUT2D eigenvalue weighted by Gasteiger charge is 2.09. The Balaban J connectivity index is 2.77. The number of hydrogen-bond acceptors (Lipinski definition) is 2. The van der Waals surface area contributed by atoms with Crippen LogP contribution < -0.4 is 5.56 Å². The molecule has 15 heavy (non-hydrogen) atoms. The smallest absolute Gasteiger partial charge is 0.272 e. The maximum Gasteiger partial charge on any atom is 0.272 e. The second-order valence-electron chi connectivity index (χ2n) is 3.99. The van der Waals surface area contributed by atoms with Crippen molar-refractivity contribution in [3.05, 3.63) is 33.9 Å². The second kappa shape index (κ2) is 3.53. The van der Waals surface area contributed by atoms with Gasteiger partial charge in [-0.1, -0.05) is 20.8 Å². The molecule has 80 valence electrons. The third kappa shape index (κ3) is 1.56. The van der Waals surface area contributed by atoms with Crippen LogP contribution in [-0.2, 0) is 6.42 Å². The van der Waals surface area contributed by atoms with Crippen molar-refractivity contribution in [2.24, 2.45) is 0 Å². The summed E-state index contributed by atoms with van der Waals surface area (Å²) in [5.41, 5.74) is 2.65. The molecule has 0 aromatic carbocycles. The molecule has 0 radical (unpaired) electrons. The van der Waals surface area contributed by atoms with Gasteiger partial charge in [0, 0.05) is 17.8 Å². The monoisotopic (exact) mass is 205 g/mol. The third-order valence-electron chi connectivity index (χ3n) is 2.57. The van der Waals surface area contributed by atoms with Gasteiger partial charge < -0.3 is 0 Å². The normalized spacial score (nSPS) is 11.5. The Labute approximate surface area is 87.9 Å². The minimum absolute atomic E-state index is 0.0385. The van der Waals surface area contributed by atoms with E-state index in [2.05, 4.69) is 17.0 Å². The molecule has 0 fully saturated rings. The first-order valence-corrected chi connectivity index (χ1v) is 5.23. The lowest BCUT2D eigenvalue weighted by atomic mass is 10.1. The number of rotatable bonds is 2. The van der Waals surface area contributed by atoms with Crippen LogP contribution >= 0.6 is 0 Å². The summed E-state index contributed by atoms with van der Waals surface area (Å²) < 4.78 is 1.49. The van der Waals surface area contributed by atoms with E-state index >= 15 is 0 Å². The first-order chi connectivity index (χ1) is 7.13. The van der Waals surface area contributed by atoms with Gasteiger partial charge in [-0.15, -0.1) is 0 Å². The van der Waals surface area contributed by atoms with E-state index in [1.54, 1.807) is 6.07 Å². The highest BCUT2D eigenvalue weighted by molar-refractivity contribution is 5.46. The van der Waals surface area contributed by atoms with E-state index < -0.39 is 0 Å². The van der Waals surface area contributed by atoms with Crippen LogP contribution in [0.25, 0.3) is 5.65 Å². The number of aryl methyl sites for hydroxylation is 1. The number of hydrogen-bond donors (Lipinski definition) is 1. The molecular weight excluding hydrogens is 190 g/mol. The summed E-state index contributed by atoms with van der Waals surface area (Å²) in [6.45, 7) is 6.13. The van der Waals surface area contributed by atoms with Gasteiger partial charge in [0.05, 0.1) is 5.69 Å². The SMILES string of the molecule is CCc1c[nH]n2c(=O)cc(C(C)C)nc12. The van der Waals surface area contributed by atoms with Crippen molar-refractivity contribution in [3.63, 3.8) is 0 Å². The van der Waals surface area contributed by atoms with E-state index in [0.29, 0.717) is 0 Å². The lowest BCUT2D eigenvalue weighted by molar-refractivity contribution is 0.796. The summed E-state index contributed by atoms with van der Waals surface area (Å²) in [4.78, 5) is 16.2. The lowest BCUT2D eigenvalue weighted by Crippen LogP contribution is -2.16. The number of aromatic nitrogens is 3. The fourth-order valence-electron chi connectivity index (χ4n) is 1.60. The minimum Gasteiger partial charge on any atom is -0.297 e. The minimum atomic E-state index is -0.0385. The largest absolute Gasteiger partial charge is 0.297 e. The van der Waals surface area contributed by atoms with Crippen molar-refractivity contribution in [2.45, 2.75) is 33.1 Å². The lowest BCUT2D eigenvalue weighted by Gasteiger charge is -2.04. The van der Waals surface area contributed by atoms with Crippen LogP contribution in [0.2, 0.25) is 0 Å². The quantitative estimate of drug-likeness (QED) is 0.811. The Morgan fingerprint density at radius 3 is 2.87 bits per heavy atom. The number of nitrogens with one attached hydrogen (secondary N) is 1. The molecule has 2 heterocycles. The zero-order valence-corrected chi connectivity index (χ0v) is 9.24. The molecule has 0 atom stereocenters. The fourth-order valence-corrected chi connectivity index (χ4v) is 1.60. The molecule has 4 heteroatoms. The Kier molecular flexibility index (Phi) is 2.34. The molecule has 0 saturated carbocycles. The van der Waals surface area contributed by atoms with E-state index in [9.17, 15) is 4.79 Å². The van der Waals surface area contributed by atoms with Crippen molar-refractivity contribution < 1.29 is 0 Å². The Morgan fingerprint density at radius 1 is 1.53 bits per heavy atom. The van der Waals surface area contributed by atoms with Crippen LogP contribution in [0.1, 0.15) is 37.9 Å². The number of fused-ring (bicyclic) bond motifs is 1. The predicted molar refractivity (Wildman–Crippen MR) is 59.3 cm³/mol. The summed E-state index contributed by atoms with van der Waals surface area (Å²) >= 11 is 0. The molecule has 0 aliphatic heterocycles. The zero-order valence-electron chi connectivity index (χ0n) is 9.24. The molecule has 2 rings (SSSR count). The van der Waals surface area contributed by atoms with Crippen molar-refractivity contribution in [1.82, 2.24) is 14.6 Å². The summed E-state index contributed by atoms with van der Waals surface area (Å²) in [7, 11) is 0. The van der Waals surface area contributed by atoms with Gasteiger partial charge in [0.15, 0.2) is 5.65 Å². The number of nitrogens with zero attached hydrogens (tertiary/aromatic N) is 2. The summed E-state index contributed by atoms with van der Waals surface area (Å²) in [6.07, 6.45) is 2.72. The van der Waals surface area contributed by atoms with E-state index in [4.69, 9.17) is 0 Å². The van der Waals surface area contributed by atoms with Gasteiger partial charge in [-0.3, -0.25) is 9.89 Å². The van der Waals surface area contributed by atoms with Crippen LogP contribution in [0.15, 0.2) is 17.1 Å². The molecule has 0 saturated heterocycles. The van der Waals surface area contributed by atoms with Gasteiger partial charge in [-0.25, -0.2) is 9.50 Å². The standard InChI is InChI=1S/C11H15N3O/c1-4-8-6-12-14-10(15)5-9(7(2)3)13-11(8)14/h5-7,12H,4H2,1-3H3. The van der Waals surface area contributed by atoms with Crippen molar-refractivity contribution in [2.75, 3.05) is 0 Å². The molecule has 2 aromatic rings. The van der Waals surface area contributed by atoms with Crippen molar-refractivity contribution in [3.8, 4) is 0 Å². The first-order valence-electron chi connectivity index (χ1n) is 5.23. The molecule has 0 aliphatic carbocycles. The molecule has 0 spiro atoms. The topological polar surface area (TPSA) is 50.2 Å². The Morgan fingerprint density at radius 2 is 2.27 bits per heavy atom. The summed E-state index contributed by atoms with van der Waals surface area (Å²) in [5.74, 6) is 0.280. The van der Waals surface area contributed by atoms with E-state index in [1.165, 1.54) is 4.52 Å². The van der Waals surface area contributed by atoms with Gasteiger partial charge in [0.1, 0.15) is 0 Å². The van der Waals surface area contributed by atoms with Crippen molar-refractivity contribution in [1.29, 1.82) is 0 Å². The van der Waals surface area contributed by atoms with Crippen LogP contribution in [0.3, 0.4) is 0 Å². The second-order valence-corrected chi connectivity index (χ2v) is 3.99. The zero-order chi connectivity index (χ0) is 11.0. The molecule has 0 unspecified atom stereocenters. The van der Waals surface area contributed by atoms with Gasteiger partial charge in [0.25, 0.3) is 5.56 Å². The molecule has 1 N–H and O–H groups in total. The average Bonchev–Trinajstić information content (AvgIpc) is 2.60. The van der Waals surface area contributed by atoms with Gasteiger partial charge >= 0.3 is 0 Å². The van der Waals surface area contributed by atoms with Crippen LogP contribution in [0.5, 0.6) is 0 Å².